The van der Waals surface area contributed by atoms with Crippen molar-refractivity contribution in [2.75, 3.05) is 33.3 Å². The molecule has 1 aliphatic heterocycles. The summed E-state index contributed by atoms with van der Waals surface area (Å²) in [7, 11) is 3.63. The molecule has 2 heterocycles. The van der Waals surface area contributed by atoms with Gasteiger partial charge >= 0.3 is 5.97 Å². The molecular weight excluding hydrogens is 332 g/mol. The molecule has 3 rings (SSSR count). The number of carbonyl (C=O) groups is 1. The Labute approximate surface area is 153 Å². The molecule has 0 bridgehead atoms. The van der Waals surface area contributed by atoms with E-state index >= 15 is 0 Å². The Bertz CT molecular complexity index is 738. The van der Waals surface area contributed by atoms with Crippen molar-refractivity contribution in [2.24, 2.45) is 7.05 Å². The van der Waals surface area contributed by atoms with Crippen molar-refractivity contribution >= 4 is 5.97 Å². The molecule has 1 aromatic heterocycles. The molecule has 1 fully saturated rings. The molecule has 0 amide bonds. The molecule has 140 valence electrons. The van der Waals surface area contributed by atoms with E-state index in [1.165, 1.54) is 0 Å². The number of aryl methyl sites for hydroxylation is 1. The van der Waals surface area contributed by atoms with Gasteiger partial charge in [-0.05, 0) is 11.1 Å². The van der Waals surface area contributed by atoms with Crippen LogP contribution < -0.4 is 0 Å². The lowest BCUT2D eigenvalue weighted by atomic mass is 10.0. The molecule has 7 heteroatoms. The first-order chi connectivity index (χ1) is 12.6. The highest BCUT2D eigenvalue weighted by Crippen LogP contribution is 2.24. The zero-order valence-electron chi connectivity index (χ0n) is 15.3. The van der Waals surface area contributed by atoms with E-state index in [2.05, 4.69) is 9.88 Å². The monoisotopic (exact) mass is 358 g/mol. The van der Waals surface area contributed by atoms with Crippen LogP contribution in [0, 0.1) is 0 Å². The van der Waals surface area contributed by atoms with Gasteiger partial charge in [-0.3, -0.25) is 14.6 Å². The van der Waals surface area contributed by atoms with Crippen LogP contribution in [0.25, 0.3) is 0 Å². The average Bonchev–Trinajstić information content (AvgIpc) is 3.02. The van der Waals surface area contributed by atoms with Crippen molar-refractivity contribution in [1.82, 2.24) is 19.4 Å². The summed E-state index contributed by atoms with van der Waals surface area (Å²) in [6.45, 7) is 4.37. The number of aromatic nitrogens is 2. The molecule has 2 aromatic rings. The van der Waals surface area contributed by atoms with Crippen LogP contribution in [0.1, 0.15) is 23.0 Å². The van der Waals surface area contributed by atoms with E-state index < -0.39 is 12.0 Å². The first kappa shape index (κ1) is 18.6. The third-order valence-electron chi connectivity index (χ3n) is 4.87. The van der Waals surface area contributed by atoms with Gasteiger partial charge in [0.2, 0.25) is 0 Å². The zero-order chi connectivity index (χ0) is 18.5. The minimum absolute atomic E-state index is 0.484. The lowest BCUT2D eigenvalue weighted by molar-refractivity contribution is -0.144. The molecule has 1 N–H and O–H groups in total. The van der Waals surface area contributed by atoms with Gasteiger partial charge in [-0.1, -0.05) is 24.3 Å². The van der Waals surface area contributed by atoms with Crippen LogP contribution in [0.2, 0.25) is 0 Å². The molecule has 7 nitrogen and oxygen atoms in total. The smallest absolute Gasteiger partial charge is 0.325 e. The number of hydrogen-bond acceptors (Lipinski definition) is 5. The van der Waals surface area contributed by atoms with Gasteiger partial charge in [-0.15, -0.1) is 0 Å². The lowest BCUT2D eigenvalue weighted by Crippen LogP contribution is -2.49. The predicted octanol–water partition coefficient (Wildman–Crippen LogP) is 1.51. The minimum atomic E-state index is -0.808. The van der Waals surface area contributed by atoms with Gasteiger partial charge in [0.05, 0.1) is 13.2 Å². The third kappa shape index (κ3) is 4.30. The van der Waals surface area contributed by atoms with E-state index in [1.807, 2.05) is 47.0 Å². The van der Waals surface area contributed by atoms with Gasteiger partial charge in [0.15, 0.2) is 0 Å². The molecule has 1 aromatic carbocycles. The van der Waals surface area contributed by atoms with Crippen molar-refractivity contribution in [3.05, 3.63) is 53.6 Å². The Morgan fingerprint density at radius 3 is 2.69 bits per heavy atom. The summed E-state index contributed by atoms with van der Waals surface area (Å²) >= 11 is 0. The highest BCUT2D eigenvalue weighted by atomic mass is 16.5. The number of rotatable bonds is 7. The number of imidazole rings is 1. The minimum Gasteiger partial charge on any atom is -0.480 e. The maximum absolute atomic E-state index is 12.0. The summed E-state index contributed by atoms with van der Waals surface area (Å²) in [5.41, 5.74) is 1.80. The fourth-order valence-electron chi connectivity index (χ4n) is 3.46. The number of benzene rings is 1. The summed E-state index contributed by atoms with van der Waals surface area (Å²) in [6.07, 6.45) is 3.75. The number of piperazine rings is 1. The summed E-state index contributed by atoms with van der Waals surface area (Å²) in [5, 5.41) is 9.81. The van der Waals surface area contributed by atoms with E-state index in [1.54, 1.807) is 13.3 Å². The number of ether oxygens (including phenoxy) is 1. The molecule has 1 atom stereocenters. The molecule has 0 aliphatic carbocycles. The van der Waals surface area contributed by atoms with Crippen molar-refractivity contribution in [2.45, 2.75) is 19.2 Å². The zero-order valence-corrected chi connectivity index (χ0v) is 15.3. The molecular formula is C19H26N4O3. The Hall–Kier alpha value is -2.22. The van der Waals surface area contributed by atoms with Crippen LogP contribution in [-0.2, 0) is 29.7 Å². The first-order valence-corrected chi connectivity index (χ1v) is 8.81. The van der Waals surface area contributed by atoms with Crippen molar-refractivity contribution in [1.29, 1.82) is 0 Å². The van der Waals surface area contributed by atoms with E-state index in [0.717, 1.165) is 49.7 Å². The van der Waals surface area contributed by atoms with E-state index in [4.69, 9.17) is 4.74 Å². The van der Waals surface area contributed by atoms with Crippen LogP contribution in [0.15, 0.2) is 36.7 Å². The van der Waals surface area contributed by atoms with Crippen LogP contribution in [0.4, 0.5) is 0 Å². The average molecular weight is 358 g/mol. The van der Waals surface area contributed by atoms with E-state index in [-0.39, 0.29) is 0 Å². The molecule has 0 saturated carbocycles. The maximum Gasteiger partial charge on any atom is 0.325 e. The van der Waals surface area contributed by atoms with Gasteiger partial charge in [0.1, 0.15) is 11.9 Å². The maximum atomic E-state index is 12.0. The van der Waals surface area contributed by atoms with Crippen LogP contribution in [-0.4, -0.2) is 63.7 Å². The standard InChI is InChI=1S/C19H26N4O3/c1-21-7-6-20-17(21)13-22-8-10-23(11-9-22)18(19(24)25)16-5-3-4-15(12-16)14-26-2/h3-7,12,18H,8-11,13-14H2,1-2H3,(H,24,25)/t18-/m0/s1. The number of carboxylic acid groups (broad SMARTS) is 1. The number of nitrogens with zero attached hydrogens (tertiary/aromatic N) is 4. The summed E-state index contributed by atoms with van der Waals surface area (Å²) in [6, 6.07) is 7.05. The largest absolute Gasteiger partial charge is 0.480 e. The molecule has 26 heavy (non-hydrogen) atoms. The van der Waals surface area contributed by atoms with Gasteiger partial charge in [-0.2, -0.15) is 0 Å². The Morgan fingerprint density at radius 1 is 1.31 bits per heavy atom. The number of hydrogen-bond donors (Lipinski definition) is 1. The highest BCUT2D eigenvalue weighted by molar-refractivity contribution is 5.75. The highest BCUT2D eigenvalue weighted by Gasteiger charge is 2.30. The third-order valence-corrected chi connectivity index (χ3v) is 4.87. The Morgan fingerprint density at radius 2 is 2.08 bits per heavy atom. The van der Waals surface area contributed by atoms with Crippen molar-refractivity contribution in [3.63, 3.8) is 0 Å². The van der Waals surface area contributed by atoms with Crippen molar-refractivity contribution < 1.29 is 14.6 Å². The lowest BCUT2D eigenvalue weighted by Gasteiger charge is -2.37. The predicted molar refractivity (Wildman–Crippen MR) is 97.6 cm³/mol. The molecule has 0 radical (unpaired) electrons. The van der Waals surface area contributed by atoms with Crippen molar-refractivity contribution in [3.8, 4) is 0 Å². The second-order valence-corrected chi connectivity index (χ2v) is 6.69. The fraction of sp³-hybridized carbons (Fsp3) is 0.474. The summed E-state index contributed by atoms with van der Waals surface area (Å²) in [5.74, 6) is 0.220. The summed E-state index contributed by atoms with van der Waals surface area (Å²) < 4.78 is 7.19. The topological polar surface area (TPSA) is 70.8 Å². The SMILES string of the molecule is COCc1cccc([C@@H](C(=O)O)N2CCN(Cc3nccn3C)CC2)c1. The van der Waals surface area contributed by atoms with Gasteiger partial charge < -0.3 is 14.4 Å². The normalized spacial score (nSPS) is 17.3. The van der Waals surface area contributed by atoms with Gasteiger partial charge in [-0.25, -0.2) is 4.98 Å². The van der Waals surface area contributed by atoms with E-state index in [9.17, 15) is 9.90 Å². The number of carboxylic acids is 1. The van der Waals surface area contributed by atoms with Gasteiger partial charge in [0, 0.05) is 52.7 Å². The molecule has 1 saturated heterocycles. The Kier molecular flexibility index (Phi) is 6.03. The Balaban J connectivity index is 1.66. The number of aliphatic carboxylic acids is 1. The first-order valence-electron chi connectivity index (χ1n) is 8.81. The second-order valence-electron chi connectivity index (χ2n) is 6.69. The van der Waals surface area contributed by atoms with Crippen LogP contribution in [0.3, 0.4) is 0 Å². The molecule has 1 aliphatic rings. The quantitative estimate of drug-likeness (QED) is 0.809. The fourth-order valence-corrected chi connectivity index (χ4v) is 3.46. The van der Waals surface area contributed by atoms with E-state index in [0.29, 0.717) is 6.61 Å². The summed E-state index contributed by atoms with van der Waals surface area (Å²) in [4.78, 5) is 20.7. The molecule has 0 spiro atoms. The number of methoxy groups -OCH3 is 1. The van der Waals surface area contributed by atoms with Crippen LogP contribution >= 0.6 is 0 Å². The molecule has 0 unspecified atom stereocenters. The van der Waals surface area contributed by atoms with Gasteiger partial charge in [0.25, 0.3) is 0 Å². The van der Waals surface area contributed by atoms with Crippen LogP contribution in [0.5, 0.6) is 0 Å². The second kappa shape index (κ2) is 8.44.